The van der Waals surface area contributed by atoms with Crippen LogP contribution < -0.4 is 14.3 Å². The Morgan fingerprint density at radius 3 is 2.44 bits per heavy atom. The molecule has 18 heavy (non-hydrogen) atoms. The van der Waals surface area contributed by atoms with Crippen LogP contribution in [0.2, 0.25) is 0 Å². The molecule has 0 fully saturated rings. The summed E-state index contributed by atoms with van der Waals surface area (Å²) in [5, 5.41) is 0. The number of hydrogen-bond donors (Lipinski definition) is 2. The van der Waals surface area contributed by atoms with E-state index in [-0.39, 0.29) is 19.3 Å². The van der Waals surface area contributed by atoms with Crippen molar-refractivity contribution < 1.29 is 18.0 Å². The molecule has 0 saturated carbocycles. The van der Waals surface area contributed by atoms with Crippen LogP contribution in [0.1, 0.15) is 13.8 Å². The normalized spacial score (nSPS) is 11.7. The van der Waals surface area contributed by atoms with E-state index in [1.165, 1.54) is 0 Å². The highest BCUT2D eigenvalue weighted by atomic mass is 32.2. The fraction of sp³-hybridized carbons (Fsp3) is 0.455. The summed E-state index contributed by atoms with van der Waals surface area (Å²) in [6, 6.07) is 9.02. The van der Waals surface area contributed by atoms with Gasteiger partial charge in [-0.15, -0.1) is 0 Å². The average Bonchev–Trinajstić information content (AvgIpc) is 2.28. The van der Waals surface area contributed by atoms with E-state index in [4.69, 9.17) is 9.57 Å². The van der Waals surface area contributed by atoms with Gasteiger partial charge in [-0.05, 0) is 26.0 Å². The van der Waals surface area contributed by atoms with Crippen LogP contribution in [0.4, 0.5) is 0 Å². The third kappa shape index (κ3) is 6.55. The third-order valence-corrected chi connectivity index (χ3v) is 2.88. The lowest BCUT2D eigenvalue weighted by molar-refractivity contribution is 0.0656. The van der Waals surface area contributed by atoms with Gasteiger partial charge in [0.25, 0.3) is 10.2 Å². The van der Waals surface area contributed by atoms with Crippen molar-refractivity contribution in [1.29, 1.82) is 0 Å². The molecule has 0 aromatic heterocycles. The van der Waals surface area contributed by atoms with Crippen LogP contribution in [-0.2, 0) is 15.0 Å². The van der Waals surface area contributed by atoms with E-state index in [1.807, 2.05) is 35.2 Å². The lowest BCUT2D eigenvalue weighted by Crippen LogP contribution is -2.40. The Hall–Kier alpha value is -1.15. The van der Waals surface area contributed by atoms with Crippen LogP contribution in [0.15, 0.2) is 30.3 Å². The zero-order chi connectivity index (χ0) is 13.4. The molecule has 0 aliphatic heterocycles. The van der Waals surface area contributed by atoms with E-state index in [1.54, 1.807) is 13.8 Å². The molecule has 2 N–H and O–H groups in total. The van der Waals surface area contributed by atoms with Gasteiger partial charge in [0.15, 0.2) is 0 Å². The Labute approximate surface area is 107 Å². The number of hydrogen-bond acceptors (Lipinski definition) is 4. The van der Waals surface area contributed by atoms with Gasteiger partial charge < -0.3 is 4.74 Å². The summed E-state index contributed by atoms with van der Waals surface area (Å²) in [6.45, 7) is 3.82. The molecular weight excluding hydrogens is 256 g/mol. The van der Waals surface area contributed by atoms with Gasteiger partial charge in [0.05, 0.1) is 0 Å². The van der Waals surface area contributed by atoms with E-state index in [0.29, 0.717) is 5.75 Å². The standard InChI is InChI=1S/C11H18N2O4S/c1-10(2)12-18(14,15)13-17-9-8-16-11-6-4-3-5-7-11/h3-7,10,12-13H,8-9H2,1-2H3. The summed E-state index contributed by atoms with van der Waals surface area (Å²) in [5.41, 5.74) is 0. The van der Waals surface area contributed by atoms with Crippen molar-refractivity contribution in [1.82, 2.24) is 9.61 Å². The number of para-hydroxylation sites is 1. The van der Waals surface area contributed by atoms with Crippen LogP contribution in [0.3, 0.4) is 0 Å². The molecule has 0 aliphatic rings. The van der Waals surface area contributed by atoms with E-state index in [0.717, 1.165) is 0 Å². The van der Waals surface area contributed by atoms with Gasteiger partial charge in [-0.2, -0.15) is 13.1 Å². The number of nitrogens with one attached hydrogen (secondary N) is 2. The Bertz CT molecular complexity index is 434. The van der Waals surface area contributed by atoms with Gasteiger partial charge in [0.1, 0.15) is 19.0 Å². The molecule has 7 heteroatoms. The smallest absolute Gasteiger partial charge is 0.299 e. The average molecular weight is 274 g/mol. The second kappa shape index (κ2) is 7.32. The van der Waals surface area contributed by atoms with Crippen LogP contribution in [0.25, 0.3) is 0 Å². The SMILES string of the molecule is CC(C)NS(=O)(=O)NOCCOc1ccccc1. The topological polar surface area (TPSA) is 76.7 Å². The van der Waals surface area contributed by atoms with Gasteiger partial charge in [-0.1, -0.05) is 23.1 Å². The fourth-order valence-corrected chi connectivity index (χ4v) is 2.08. The van der Waals surface area contributed by atoms with E-state index >= 15 is 0 Å². The summed E-state index contributed by atoms with van der Waals surface area (Å²) >= 11 is 0. The highest BCUT2D eigenvalue weighted by Crippen LogP contribution is 2.07. The van der Waals surface area contributed by atoms with Gasteiger partial charge in [0.2, 0.25) is 0 Å². The molecule has 1 aromatic rings. The van der Waals surface area contributed by atoms with E-state index in [2.05, 4.69) is 4.72 Å². The van der Waals surface area contributed by atoms with Crippen molar-refractivity contribution in [2.75, 3.05) is 13.2 Å². The predicted molar refractivity (Wildman–Crippen MR) is 68.2 cm³/mol. The third-order valence-electron chi connectivity index (χ3n) is 1.76. The van der Waals surface area contributed by atoms with E-state index < -0.39 is 10.2 Å². The first-order valence-corrected chi connectivity index (χ1v) is 7.06. The molecule has 0 unspecified atom stereocenters. The Balaban J connectivity index is 2.16. The quantitative estimate of drug-likeness (QED) is 0.544. The van der Waals surface area contributed by atoms with Crippen molar-refractivity contribution in [3.8, 4) is 5.75 Å². The minimum atomic E-state index is -3.60. The van der Waals surface area contributed by atoms with Crippen LogP contribution >= 0.6 is 0 Å². The van der Waals surface area contributed by atoms with Gasteiger partial charge in [-0.25, -0.2) is 0 Å². The first-order valence-electron chi connectivity index (χ1n) is 5.58. The summed E-state index contributed by atoms with van der Waals surface area (Å²) in [7, 11) is -3.60. The maximum atomic E-state index is 11.3. The molecule has 0 radical (unpaired) electrons. The highest BCUT2D eigenvalue weighted by molar-refractivity contribution is 7.87. The van der Waals surface area contributed by atoms with Crippen LogP contribution in [-0.4, -0.2) is 27.7 Å². The van der Waals surface area contributed by atoms with Gasteiger partial charge in [0, 0.05) is 6.04 Å². The Kier molecular flexibility index (Phi) is 6.06. The molecule has 1 rings (SSSR count). The molecule has 102 valence electrons. The van der Waals surface area contributed by atoms with Crippen molar-refractivity contribution in [2.45, 2.75) is 19.9 Å². The summed E-state index contributed by atoms with van der Waals surface area (Å²) in [6.07, 6.45) is 0. The van der Waals surface area contributed by atoms with Crippen molar-refractivity contribution in [2.24, 2.45) is 0 Å². The number of ether oxygens (including phenoxy) is 1. The minimum Gasteiger partial charge on any atom is -0.491 e. The van der Waals surface area contributed by atoms with Gasteiger partial charge >= 0.3 is 0 Å². The molecule has 0 heterocycles. The molecule has 0 saturated heterocycles. The Morgan fingerprint density at radius 1 is 1.17 bits per heavy atom. The molecule has 0 spiro atoms. The molecule has 0 amide bonds. The van der Waals surface area contributed by atoms with Crippen LogP contribution in [0.5, 0.6) is 5.75 Å². The second-order valence-electron chi connectivity index (χ2n) is 3.87. The number of benzene rings is 1. The molecule has 0 aliphatic carbocycles. The maximum Gasteiger partial charge on any atom is 0.299 e. The maximum absolute atomic E-state index is 11.3. The highest BCUT2D eigenvalue weighted by Gasteiger charge is 2.10. The molecular formula is C11H18N2O4S. The lowest BCUT2D eigenvalue weighted by atomic mass is 10.3. The monoisotopic (exact) mass is 274 g/mol. The molecule has 1 aromatic carbocycles. The van der Waals surface area contributed by atoms with E-state index in [9.17, 15) is 8.42 Å². The zero-order valence-electron chi connectivity index (χ0n) is 10.4. The molecule has 0 bridgehead atoms. The largest absolute Gasteiger partial charge is 0.491 e. The van der Waals surface area contributed by atoms with Crippen molar-refractivity contribution in [3.63, 3.8) is 0 Å². The second-order valence-corrected chi connectivity index (χ2v) is 5.28. The number of rotatable bonds is 8. The van der Waals surface area contributed by atoms with Crippen molar-refractivity contribution in [3.05, 3.63) is 30.3 Å². The summed E-state index contributed by atoms with van der Waals surface area (Å²) < 4.78 is 30.2. The first-order chi connectivity index (χ1) is 8.49. The minimum absolute atomic E-state index is 0.119. The summed E-state index contributed by atoms with van der Waals surface area (Å²) in [4.78, 5) is 6.75. The molecule has 6 nitrogen and oxygen atoms in total. The Morgan fingerprint density at radius 2 is 1.83 bits per heavy atom. The first kappa shape index (κ1) is 14.9. The predicted octanol–water partition coefficient (Wildman–Crippen LogP) is 0.829. The van der Waals surface area contributed by atoms with Crippen LogP contribution in [0, 0.1) is 0 Å². The zero-order valence-corrected chi connectivity index (χ0v) is 11.2. The fourth-order valence-electron chi connectivity index (χ4n) is 1.17. The summed E-state index contributed by atoms with van der Waals surface area (Å²) in [5.74, 6) is 0.712. The van der Waals surface area contributed by atoms with Gasteiger partial charge in [-0.3, -0.25) is 4.84 Å². The lowest BCUT2D eigenvalue weighted by Gasteiger charge is -2.11. The van der Waals surface area contributed by atoms with Crippen molar-refractivity contribution >= 4 is 10.2 Å². The molecule has 0 atom stereocenters.